The van der Waals surface area contributed by atoms with Crippen LogP contribution in [-0.2, 0) is 21.2 Å². The molecular weight excluding hydrogens is 448 g/mol. The van der Waals surface area contributed by atoms with Crippen LogP contribution in [0, 0.1) is 12.8 Å². The van der Waals surface area contributed by atoms with Crippen LogP contribution in [0.1, 0.15) is 24.0 Å². The van der Waals surface area contributed by atoms with E-state index in [0.717, 1.165) is 32.4 Å². The topological polar surface area (TPSA) is 75.7 Å². The van der Waals surface area contributed by atoms with Crippen LogP contribution in [-0.4, -0.2) is 38.9 Å². The number of aryl methyl sites for hydroxylation is 1. The predicted molar refractivity (Wildman–Crippen MR) is 133 cm³/mol. The highest BCUT2D eigenvalue weighted by atomic mass is 32.2. The number of benzene rings is 3. The number of carbonyl (C=O) groups is 1. The minimum Gasteiger partial charge on any atom is -0.483 e. The fourth-order valence-electron chi connectivity index (χ4n) is 4.24. The molecule has 0 saturated carbocycles. The smallest absolute Gasteiger partial charge is 0.261 e. The van der Waals surface area contributed by atoms with Crippen LogP contribution in [0.3, 0.4) is 0 Å². The molecule has 3 aromatic rings. The molecule has 1 aliphatic rings. The van der Waals surface area contributed by atoms with E-state index >= 15 is 0 Å². The second-order valence-corrected chi connectivity index (χ2v) is 10.4. The number of hydrogen-bond acceptors (Lipinski definition) is 4. The number of carbonyl (C=O) groups excluding carboxylic acids is 1. The van der Waals surface area contributed by atoms with Gasteiger partial charge in [0, 0.05) is 18.8 Å². The second-order valence-electron chi connectivity index (χ2n) is 8.70. The molecule has 1 fully saturated rings. The summed E-state index contributed by atoms with van der Waals surface area (Å²) in [5.74, 6) is 1.06. The average Bonchev–Trinajstić information content (AvgIpc) is 2.84. The molecule has 1 saturated heterocycles. The molecule has 6 nitrogen and oxygen atoms in total. The van der Waals surface area contributed by atoms with Crippen molar-refractivity contribution in [1.82, 2.24) is 4.90 Å². The van der Waals surface area contributed by atoms with E-state index in [1.807, 2.05) is 17.0 Å². The number of para-hydroxylation sites is 1. The normalized spacial score (nSPS) is 14.6. The second kappa shape index (κ2) is 10.7. The Morgan fingerprint density at radius 2 is 1.62 bits per heavy atom. The fourth-order valence-corrected chi connectivity index (χ4v) is 5.38. The van der Waals surface area contributed by atoms with Gasteiger partial charge in [0.1, 0.15) is 5.75 Å². The lowest BCUT2D eigenvalue weighted by molar-refractivity contribution is -0.134. The van der Waals surface area contributed by atoms with Crippen LogP contribution >= 0.6 is 0 Å². The molecule has 0 unspecified atom stereocenters. The standard InChI is InChI=1S/C27H30N2O4S/c1-21-18-25(34(31,32)28-24-10-6-3-7-11-24)12-13-26(21)33-20-27(30)29-16-14-23(15-17-29)19-22-8-4-2-5-9-22/h2-13,18,23,28H,14-17,19-20H2,1H3. The average molecular weight is 479 g/mol. The van der Waals surface area contributed by atoms with Gasteiger partial charge in [0.05, 0.1) is 4.90 Å². The summed E-state index contributed by atoms with van der Waals surface area (Å²) in [7, 11) is -3.71. The van der Waals surface area contributed by atoms with Crippen molar-refractivity contribution in [1.29, 1.82) is 0 Å². The summed E-state index contributed by atoms with van der Waals surface area (Å²) in [6.07, 6.45) is 3.02. The maximum Gasteiger partial charge on any atom is 0.261 e. The van der Waals surface area contributed by atoms with E-state index < -0.39 is 10.0 Å². The van der Waals surface area contributed by atoms with E-state index in [-0.39, 0.29) is 17.4 Å². The Kier molecular flexibility index (Phi) is 7.53. The highest BCUT2D eigenvalue weighted by molar-refractivity contribution is 7.92. The zero-order valence-electron chi connectivity index (χ0n) is 19.3. The van der Waals surface area contributed by atoms with E-state index in [0.29, 0.717) is 22.9 Å². The van der Waals surface area contributed by atoms with Gasteiger partial charge in [-0.3, -0.25) is 9.52 Å². The van der Waals surface area contributed by atoms with Crippen LogP contribution in [0.4, 0.5) is 5.69 Å². The first kappa shape index (κ1) is 23.8. The van der Waals surface area contributed by atoms with E-state index in [1.165, 1.54) is 11.6 Å². The number of ether oxygens (including phenoxy) is 1. The molecule has 34 heavy (non-hydrogen) atoms. The zero-order chi connectivity index (χ0) is 24.0. The summed E-state index contributed by atoms with van der Waals surface area (Å²) in [5, 5.41) is 0. The zero-order valence-corrected chi connectivity index (χ0v) is 20.1. The number of hydrogen-bond donors (Lipinski definition) is 1. The third-order valence-corrected chi connectivity index (χ3v) is 7.55. The van der Waals surface area contributed by atoms with Gasteiger partial charge in [0.15, 0.2) is 6.61 Å². The van der Waals surface area contributed by atoms with Gasteiger partial charge in [-0.15, -0.1) is 0 Å². The van der Waals surface area contributed by atoms with Gasteiger partial charge in [0.25, 0.3) is 15.9 Å². The van der Waals surface area contributed by atoms with Gasteiger partial charge >= 0.3 is 0 Å². The van der Waals surface area contributed by atoms with Crippen LogP contribution in [0.5, 0.6) is 5.75 Å². The Bertz CT molecular complexity index is 1210. The SMILES string of the molecule is Cc1cc(S(=O)(=O)Nc2ccccc2)ccc1OCC(=O)N1CCC(Cc2ccccc2)CC1. The molecule has 3 aromatic carbocycles. The monoisotopic (exact) mass is 478 g/mol. The number of piperidine rings is 1. The van der Waals surface area contributed by atoms with E-state index in [2.05, 4.69) is 29.0 Å². The van der Waals surface area contributed by atoms with Crippen molar-refractivity contribution in [3.63, 3.8) is 0 Å². The van der Waals surface area contributed by atoms with Gasteiger partial charge in [-0.25, -0.2) is 8.42 Å². The first-order chi connectivity index (χ1) is 16.4. The van der Waals surface area contributed by atoms with E-state index in [4.69, 9.17) is 4.74 Å². The minimum atomic E-state index is -3.71. The van der Waals surface area contributed by atoms with Crippen LogP contribution in [0.2, 0.25) is 0 Å². The number of rotatable bonds is 8. The maximum atomic E-state index is 12.7. The lowest BCUT2D eigenvalue weighted by atomic mass is 9.90. The van der Waals surface area contributed by atoms with Crippen LogP contribution in [0.15, 0.2) is 83.8 Å². The van der Waals surface area contributed by atoms with Gasteiger partial charge in [-0.2, -0.15) is 0 Å². The van der Waals surface area contributed by atoms with Crippen molar-refractivity contribution in [2.24, 2.45) is 5.92 Å². The highest BCUT2D eigenvalue weighted by Gasteiger charge is 2.23. The number of nitrogens with one attached hydrogen (secondary N) is 1. The quantitative estimate of drug-likeness (QED) is 0.511. The molecule has 0 radical (unpaired) electrons. The van der Waals surface area contributed by atoms with Crippen molar-refractivity contribution < 1.29 is 17.9 Å². The first-order valence-electron chi connectivity index (χ1n) is 11.5. The Morgan fingerprint density at radius 3 is 2.26 bits per heavy atom. The van der Waals surface area contributed by atoms with Crippen molar-refractivity contribution in [2.45, 2.75) is 31.1 Å². The summed E-state index contributed by atoms with van der Waals surface area (Å²) < 4.78 is 33.7. The molecule has 0 bridgehead atoms. The summed E-state index contributed by atoms with van der Waals surface area (Å²) in [6.45, 7) is 3.19. The molecule has 1 aliphatic heterocycles. The summed E-state index contributed by atoms with van der Waals surface area (Å²) in [4.78, 5) is 14.7. The Labute approximate surface area is 201 Å². The van der Waals surface area contributed by atoms with Crippen LogP contribution in [0.25, 0.3) is 0 Å². The number of anilines is 1. The number of nitrogens with zero attached hydrogens (tertiary/aromatic N) is 1. The van der Waals surface area contributed by atoms with E-state index in [1.54, 1.807) is 43.3 Å². The number of amides is 1. The maximum absolute atomic E-state index is 12.7. The molecule has 1 amide bonds. The number of likely N-dealkylation sites (tertiary alicyclic amines) is 1. The van der Waals surface area contributed by atoms with Crippen molar-refractivity contribution in [2.75, 3.05) is 24.4 Å². The predicted octanol–water partition coefficient (Wildman–Crippen LogP) is 4.66. The van der Waals surface area contributed by atoms with Crippen LogP contribution < -0.4 is 9.46 Å². The molecule has 0 aromatic heterocycles. The third kappa shape index (κ3) is 6.17. The lowest BCUT2D eigenvalue weighted by Gasteiger charge is -2.32. The Morgan fingerprint density at radius 1 is 0.971 bits per heavy atom. The lowest BCUT2D eigenvalue weighted by Crippen LogP contribution is -2.41. The molecule has 4 rings (SSSR count). The van der Waals surface area contributed by atoms with Crippen molar-refractivity contribution in [3.05, 3.63) is 90.0 Å². The van der Waals surface area contributed by atoms with Gasteiger partial charge in [-0.05, 0) is 73.6 Å². The molecule has 1 heterocycles. The van der Waals surface area contributed by atoms with E-state index in [9.17, 15) is 13.2 Å². The molecule has 178 valence electrons. The van der Waals surface area contributed by atoms with Gasteiger partial charge in [-0.1, -0.05) is 48.5 Å². The summed E-state index contributed by atoms with van der Waals surface area (Å²) in [5.41, 5.74) is 2.50. The molecule has 1 N–H and O–H groups in total. The fraction of sp³-hybridized carbons (Fsp3) is 0.296. The highest BCUT2D eigenvalue weighted by Crippen LogP contribution is 2.25. The van der Waals surface area contributed by atoms with Crippen molar-refractivity contribution in [3.8, 4) is 5.75 Å². The molecule has 0 spiro atoms. The number of sulfonamides is 1. The first-order valence-corrected chi connectivity index (χ1v) is 13.0. The molecule has 7 heteroatoms. The van der Waals surface area contributed by atoms with Gasteiger partial charge in [0.2, 0.25) is 0 Å². The Hall–Kier alpha value is -3.32. The van der Waals surface area contributed by atoms with Crippen molar-refractivity contribution >= 4 is 21.6 Å². The molecule has 0 aliphatic carbocycles. The van der Waals surface area contributed by atoms with Gasteiger partial charge < -0.3 is 9.64 Å². The summed E-state index contributed by atoms with van der Waals surface area (Å²) in [6, 6.07) is 23.9. The third-order valence-electron chi connectivity index (χ3n) is 6.17. The minimum absolute atomic E-state index is 0.0417. The molecular formula is C27H30N2O4S. The summed E-state index contributed by atoms with van der Waals surface area (Å²) >= 11 is 0. The Balaban J connectivity index is 1.28. The molecule has 0 atom stereocenters. The largest absolute Gasteiger partial charge is 0.483 e.